The highest BCUT2D eigenvalue weighted by Gasteiger charge is 2.09. The molecule has 4 heteroatoms. The summed E-state index contributed by atoms with van der Waals surface area (Å²) < 4.78 is 0. The highest BCUT2D eigenvalue weighted by atomic mass is 15.2. The summed E-state index contributed by atoms with van der Waals surface area (Å²) >= 11 is 0. The maximum Gasteiger partial charge on any atom is 0.149 e. The van der Waals surface area contributed by atoms with Crippen LogP contribution in [0.2, 0.25) is 0 Å². The zero-order chi connectivity index (χ0) is 16.5. The van der Waals surface area contributed by atoms with Gasteiger partial charge in [-0.2, -0.15) is 5.10 Å². The molecule has 0 aliphatic heterocycles. The van der Waals surface area contributed by atoms with Crippen LogP contribution in [0.1, 0.15) is 32.9 Å². The molecule has 23 heavy (non-hydrogen) atoms. The van der Waals surface area contributed by atoms with Crippen molar-refractivity contribution in [3.05, 3.63) is 42.1 Å². The molecule has 0 aliphatic carbocycles. The van der Waals surface area contributed by atoms with Crippen LogP contribution in [-0.4, -0.2) is 41.3 Å². The lowest BCUT2D eigenvalue weighted by Gasteiger charge is -2.18. The van der Waals surface area contributed by atoms with Gasteiger partial charge in [-0.3, -0.25) is 0 Å². The molecule has 124 valence electrons. The van der Waals surface area contributed by atoms with Gasteiger partial charge in [0.05, 0.1) is 5.69 Å². The van der Waals surface area contributed by atoms with E-state index < -0.39 is 0 Å². The average molecular weight is 312 g/mol. The number of rotatable bonds is 9. The summed E-state index contributed by atoms with van der Waals surface area (Å²) in [5, 5.41) is 12.2. The number of aryl methyl sites for hydroxylation is 1. The second-order valence-corrected chi connectivity index (χ2v) is 5.66. The van der Waals surface area contributed by atoms with Crippen LogP contribution < -0.4 is 5.32 Å². The summed E-state index contributed by atoms with van der Waals surface area (Å²) in [5.74, 6) is 0.857. The number of hydrogen-bond donors (Lipinski definition) is 1. The predicted octanol–water partition coefficient (Wildman–Crippen LogP) is 3.85. The van der Waals surface area contributed by atoms with E-state index in [-0.39, 0.29) is 0 Å². The SMILES string of the molecule is CCCc1nnc(NCCN(CC)CC)cc1-c1ccccc1. The smallest absolute Gasteiger partial charge is 0.149 e. The summed E-state index contributed by atoms with van der Waals surface area (Å²) in [6.45, 7) is 10.6. The first-order valence-corrected chi connectivity index (χ1v) is 8.66. The molecule has 0 bridgehead atoms. The molecule has 0 aliphatic rings. The van der Waals surface area contributed by atoms with Crippen molar-refractivity contribution in [3.8, 4) is 11.1 Å². The van der Waals surface area contributed by atoms with Gasteiger partial charge in [0.1, 0.15) is 5.82 Å². The monoisotopic (exact) mass is 312 g/mol. The van der Waals surface area contributed by atoms with Crippen molar-refractivity contribution in [2.75, 3.05) is 31.5 Å². The van der Waals surface area contributed by atoms with Gasteiger partial charge in [-0.05, 0) is 31.1 Å². The fourth-order valence-electron chi connectivity index (χ4n) is 2.67. The minimum Gasteiger partial charge on any atom is -0.367 e. The molecule has 0 saturated heterocycles. The normalized spacial score (nSPS) is 11.0. The lowest BCUT2D eigenvalue weighted by molar-refractivity contribution is 0.316. The Balaban J connectivity index is 2.13. The van der Waals surface area contributed by atoms with Gasteiger partial charge in [0, 0.05) is 18.7 Å². The topological polar surface area (TPSA) is 41.1 Å². The number of anilines is 1. The minimum atomic E-state index is 0.857. The molecule has 2 rings (SSSR count). The van der Waals surface area contributed by atoms with Gasteiger partial charge in [-0.1, -0.05) is 57.5 Å². The van der Waals surface area contributed by atoms with E-state index in [9.17, 15) is 0 Å². The molecule has 0 spiro atoms. The highest BCUT2D eigenvalue weighted by Crippen LogP contribution is 2.24. The van der Waals surface area contributed by atoms with Crippen molar-refractivity contribution in [2.24, 2.45) is 0 Å². The van der Waals surface area contributed by atoms with Gasteiger partial charge in [0.25, 0.3) is 0 Å². The van der Waals surface area contributed by atoms with E-state index in [1.165, 1.54) is 11.1 Å². The van der Waals surface area contributed by atoms with Gasteiger partial charge in [0.2, 0.25) is 0 Å². The Morgan fingerprint density at radius 2 is 1.74 bits per heavy atom. The first-order chi connectivity index (χ1) is 11.3. The molecule has 1 aromatic carbocycles. The second-order valence-electron chi connectivity index (χ2n) is 5.66. The fraction of sp³-hybridized carbons (Fsp3) is 0.474. The molecule has 0 fully saturated rings. The Bertz CT molecular complexity index is 579. The Morgan fingerprint density at radius 3 is 2.39 bits per heavy atom. The molecule has 0 atom stereocenters. The van der Waals surface area contributed by atoms with Crippen molar-refractivity contribution in [2.45, 2.75) is 33.6 Å². The van der Waals surface area contributed by atoms with E-state index in [0.717, 1.165) is 50.5 Å². The lowest BCUT2D eigenvalue weighted by Crippen LogP contribution is -2.28. The Morgan fingerprint density at radius 1 is 1.00 bits per heavy atom. The quantitative estimate of drug-likeness (QED) is 0.763. The molecule has 4 nitrogen and oxygen atoms in total. The number of hydrogen-bond acceptors (Lipinski definition) is 4. The van der Waals surface area contributed by atoms with Crippen LogP contribution in [0, 0.1) is 0 Å². The van der Waals surface area contributed by atoms with Gasteiger partial charge in [-0.15, -0.1) is 5.10 Å². The Hall–Kier alpha value is -1.94. The molecule has 1 heterocycles. The fourth-order valence-corrected chi connectivity index (χ4v) is 2.67. The molecule has 0 saturated carbocycles. The Labute approximate surface area is 139 Å². The maximum absolute atomic E-state index is 4.46. The van der Waals surface area contributed by atoms with E-state index in [0.29, 0.717) is 0 Å². The summed E-state index contributed by atoms with van der Waals surface area (Å²) in [4.78, 5) is 2.39. The molecule has 2 aromatic rings. The number of nitrogens with one attached hydrogen (secondary N) is 1. The number of aromatic nitrogens is 2. The molecule has 0 radical (unpaired) electrons. The third kappa shape index (κ3) is 5.03. The van der Waals surface area contributed by atoms with Gasteiger partial charge < -0.3 is 10.2 Å². The van der Waals surface area contributed by atoms with Crippen molar-refractivity contribution >= 4 is 5.82 Å². The van der Waals surface area contributed by atoms with Gasteiger partial charge >= 0.3 is 0 Å². The highest BCUT2D eigenvalue weighted by molar-refractivity contribution is 5.68. The molecule has 1 aromatic heterocycles. The number of benzene rings is 1. The zero-order valence-corrected chi connectivity index (χ0v) is 14.5. The summed E-state index contributed by atoms with van der Waals surface area (Å²) in [6.07, 6.45) is 2.03. The third-order valence-electron chi connectivity index (χ3n) is 4.07. The standard InChI is InChI=1S/C19H28N4/c1-4-10-18-17(16-11-8-7-9-12-16)15-19(22-21-18)20-13-14-23(5-2)6-3/h7-9,11-12,15H,4-6,10,13-14H2,1-3H3,(H,20,22). The van der Waals surface area contributed by atoms with Crippen LogP contribution >= 0.6 is 0 Å². The van der Waals surface area contributed by atoms with Crippen LogP contribution in [0.25, 0.3) is 11.1 Å². The third-order valence-corrected chi connectivity index (χ3v) is 4.07. The van der Waals surface area contributed by atoms with E-state index in [4.69, 9.17) is 0 Å². The summed E-state index contributed by atoms with van der Waals surface area (Å²) in [7, 11) is 0. The minimum absolute atomic E-state index is 0.857. The maximum atomic E-state index is 4.46. The largest absolute Gasteiger partial charge is 0.367 e. The molecule has 0 amide bonds. The van der Waals surface area contributed by atoms with Crippen molar-refractivity contribution in [3.63, 3.8) is 0 Å². The molecular weight excluding hydrogens is 284 g/mol. The average Bonchev–Trinajstić information content (AvgIpc) is 2.61. The summed E-state index contributed by atoms with van der Waals surface area (Å²) in [5.41, 5.74) is 3.47. The second kappa shape index (κ2) is 9.26. The van der Waals surface area contributed by atoms with Gasteiger partial charge in [0.15, 0.2) is 0 Å². The van der Waals surface area contributed by atoms with Crippen LogP contribution in [-0.2, 0) is 6.42 Å². The van der Waals surface area contributed by atoms with E-state index in [1.54, 1.807) is 0 Å². The van der Waals surface area contributed by atoms with Crippen LogP contribution in [0.15, 0.2) is 36.4 Å². The zero-order valence-electron chi connectivity index (χ0n) is 14.5. The van der Waals surface area contributed by atoms with Crippen molar-refractivity contribution < 1.29 is 0 Å². The number of nitrogens with zero attached hydrogens (tertiary/aromatic N) is 3. The molecular formula is C19H28N4. The van der Waals surface area contributed by atoms with E-state index in [2.05, 4.69) is 71.5 Å². The first-order valence-electron chi connectivity index (χ1n) is 8.66. The Kier molecular flexibility index (Phi) is 7.01. The van der Waals surface area contributed by atoms with Crippen molar-refractivity contribution in [1.82, 2.24) is 15.1 Å². The lowest BCUT2D eigenvalue weighted by atomic mass is 10.0. The molecule has 0 unspecified atom stereocenters. The molecule has 1 N–H and O–H groups in total. The first kappa shape index (κ1) is 17.4. The predicted molar refractivity (Wildman–Crippen MR) is 97.7 cm³/mol. The summed E-state index contributed by atoms with van der Waals surface area (Å²) in [6, 6.07) is 12.6. The van der Waals surface area contributed by atoms with Crippen LogP contribution in [0.5, 0.6) is 0 Å². The number of likely N-dealkylation sites (N-methyl/N-ethyl adjacent to an activating group) is 1. The van der Waals surface area contributed by atoms with Crippen molar-refractivity contribution in [1.29, 1.82) is 0 Å². The van der Waals surface area contributed by atoms with E-state index >= 15 is 0 Å². The van der Waals surface area contributed by atoms with Crippen LogP contribution in [0.3, 0.4) is 0 Å². The van der Waals surface area contributed by atoms with E-state index in [1.807, 2.05) is 6.07 Å². The van der Waals surface area contributed by atoms with Crippen LogP contribution in [0.4, 0.5) is 5.82 Å². The van der Waals surface area contributed by atoms with Gasteiger partial charge in [-0.25, -0.2) is 0 Å².